The van der Waals surface area contributed by atoms with E-state index in [2.05, 4.69) is 89.8 Å². The Labute approximate surface area is 121 Å². The minimum absolute atomic E-state index is 0.288. The van der Waals surface area contributed by atoms with Gasteiger partial charge in [0.05, 0.1) is 0 Å². The number of nitrogens with zero attached hydrogens (tertiary/aromatic N) is 1. The summed E-state index contributed by atoms with van der Waals surface area (Å²) >= 11 is 2.73. The van der Waals surface area contributed by atoms with Gasteiger partial charge in [-0.15, -0.1) is 0 Å². The van der Waals surface area contributed by atoms with E-state index in [1.807, 2.05) is 0 Å². The van der Waals surface area contributed by atoms with Gasteiger partial charge in [-0.3, -0.25) is 0 Å². The number of hydrogen-bond donors (Lipinski definition) is 0. The molecule has 18 heavy (non-hydrogen) atoms. The first-order valence-corrected chi connectivity index (χ1v) is 8.39. The zero-order valence-electron chi connectivity index (χ0n) is 10.4. The van der Waals surface area contributed by atoms with Crippen molar-refractivity contribution in [2.75, 3.05) is 12.8 Å². The molecule has 95 valence electrons. The fraction of sp³-hybridized carbons (Fsp3) is 0.200. The molecule has 0 amide bonds. The van der Waals surface area contributed by atoms with Gasteiger partial charge in [0.2, 0.25) is 0 Å². The molecule has 0 unspecified atom stereocenters. The average Bonchev–Trinajstić information content (AvgIpc) is 2.46. The summed E-state index contributed by atoms with van der Waals surface area (Å²) in [4.78, 5) is 0. The third-order valence-corrected chi connectivity index (χ3v) is 6.48. The van der Waals surface area contributed by atoms with E-state index in [4.69, 9.17) is 0 Å². The van der Waals surface area contributed by atoms with Gasteiger partial charge in [0, 0.05) is 0 Å². The van der Waals surface area contributed by atoms with E-state index in [0.717, 1.165) is 12.8 Å². The molecule has 0 radical (unpaired) electrons. The molecule has 0 aliphatic rings. The molecule has 0 heterocycles. The van der Waals surface area contributed by atoms with E-state index in [0.29, 0.717) is 0 Å². The molecular formula is C15H17NPRu. The third-order valence-electron chi connectivity index (χ3n) is 2.76. The van der Waals surface area contributed by atoms with Gasteiger partial charge in [-0.1, -0.05) is 0 Å². The van der Waals surface area contributed by atoms with Crippen molar-refractivity contribution < 1.29 is 18.5 Å². The molecule has 2 aromatic rings. The Hall–Kier alpha value is -0.547. The Kier molecular flexibility index (Phi) is 5.51. The summed E-state index contributed by atoms with van der Waals surface area (Å²) < 4.78 is 2.32. The predicted molar refractivity (Wildman–Crippen MR) is 76.3 cm³/mol. The second-order valence-electron chi connectivity index (χ2n) is 4.00. The van der Waals surface area contributed by atoms with Gasteiger partial charge < -0.3 is 0 Å². The van der Waals surface area contributed by atoms with Gasteiger partial charge in [0.15, 0.2) is 0 Å². The van der Waals surface area contributed by atoms with Crippen molar-refractivity contribution in [3.05, 3.63) is 60.7 Å². The Morgan fingerprint density at radius 3 is 1.72 bits per heavy atom. The first-order valence-electron chi connectivity index (χ1n) is 6.08. The monoisotopic (exact) mass is 344 g/mol. The predicted octanol–water partition coefficient (Wildman–Crippen LogP) is 2.86. The van der Waals surface area contributed by atoms with Crippen LogP contribution in [0.4, 0.5) is 0 Å². The second kappa shape index (κ2) is 7.14. The molecule has 0 aliphatic carbocycles. The zero-order valence-corrected chi connectivity index (χ0v) is 13.1. The first-order chi connectivity index (χ1) is 8.81. The van der Waals surface area contributed by atoms with E-state index in [1.165, 1.54) is 10.6 Å². The summed E-state index contributed by atoms with van der Waals surface area (Å²) in [6.07, 6.45) is 1.09. The van der Waals surface area contributed by atoms with Crippen molar-refractivity contribution >= 4 is 18.5 Å². The van der Waals surface area contributed by atoms with Crippen LogP contribution < -0.4 is 10.6 Å². The zero-order chi connectivity index (χ0) is 12.8. The molecule has 3 heteroatoms. The van der Waals surface area contributed by atoms with Crippen LogP contribution in [-0.4, -0.2) is 16.5 Å². The van der Waals surface area contributed by atoms with Crippen LogP contribution in [0.2, 0.25) is 0 Å². The average molecular weight is 343 g/mol. The topological polar surface area (TPSA) is 3.24 Å². The summed E-state index contributed by atoms with van der Waals surface area (Å²) in [7, 11) is -0.288. The fourth-order valence-corrected chi connectivity index (χ4v) is 4.70. The van der Waals surface area contributed by atoms with Gasteiger partial charge >= 0.3 is 121 Å². The normalized spacial score (nSPS) is 11.1. The van der Waals surface area contributed by atoms with Crippen LogP contribution in [0.5, 0.6) is 0 Å². The van der Waals surface area contributed by atoms with Crippen LogP contribution in [0.1, 0.15) is 6.92 Å². The van der Waals surface area contributed by atoms with Crippen LogP contribution >= 0.6 is 7.92 Å². The SMILES string of the molecule is CC[N]([Ru])CP(c1ccccc1)c1ccccc1. The Morgan fingerprint density at radius 1 is 0.889 bits per heavy atom. The number of rotatable bonds is 5. The fourth-order valence-electron chi connectivity index (χ4n) is 1.78. The molecule has 0 saturated heterocycles. The van der Waals surface area contributed by atoms with E-state index in [1.54, 1.807) is 0 Å². The molecular weight excluding hydrogens is 326 g/mol. The van der Waals surface area contributed by atoms with Crippen molar-refractivity contribution in [2.24, 2.45) is 0 Å². The molecule has 1 nitrogen and oxygen atoms in total. The maximum atomic E-state index is 2.73. The third kappa shape index (κ3) is 3.72. The molecule has 0 aliphatic heterocycles. The first kappa shape index (κ1) is 13.9. The maximum absolute atomic E-state index is 2.73. The molecule has 0 bridgehead atoms. The summed E-state index contributed by atoms with van der Waals surface area (Å²) in [5, 5.41) is 2.89. The Balaban J connectivity index is 2.29. The molecule has 0 atom stereocenters. The van der Waals surface area contributed by atoms with Crippen molar-refractivity contribution in [2.45, 2.75) is 6.92 Å². The minimum atomic E-state index is -0.288. The van der Waals surface area contributed by atoms with Crippen molar-refractivity contribution in [1.29, 1.82) is 0 Å². The van der Waals surface area contributed by atoms with Crippen molar-refractivity contribution in [3.8, 4) is 0 Å². The van der Waals surface area contributed by atoms with Crippen LogP contribution in [-0.2, 0) is 18.5 Å². The van der Waals surface area contributed by atoms with Crippen molar-refractivity contribution in [3.63, 3.8) is 0 Å². The quantitative estimate of drug-likeness (QED) is 0.596. The van der Waals surface area contributed by atoms with Gasteiger partial charge in [-0.25, -0.2) is 0 Å². The summed E-state index contributed by atoms with van der Waals surface area (Å²) in [6, 6.07) is 21.7. The molecule has 0 N–H and O–H groups in total. The van der Waals surface area contributed by atoms with Gasteiger partial charge in [-0.2, -0.15) is 0 Å². The van der Waals surface area contributed by atoms with E-state index in [9.17, 15) is 0 Å². The Bertz CT molecular complexity index is 421. The van der Waals surface area contributed by atoms with Gasteiger partial charge in [-0.05, 0) is 0 Å². The molecule has 0 saturated carbocycles. The van der Waals surface area contributed by atoms with Crippen molar-refractivity contribution in [1.82, 2.24) is 3.64 Å². The van der Waals surface area contributed by atoms with Gasteiger partial charge in [0.25, 0.3) is 0 Å². The molecule has 0 spiro atoms. The molecule has 0 fully saturated rings. The second-order valence-corrected chi connectivity index (χ2v) is 7.27. The Morgan fingerprint density at radius 2 is 1.33 bits per heavy atom. The van der Waals surface area contributed by atoms with Crippen LogP contribution in [0.3, 0.4) is 0 Å². The van der Waals surface area contributed by atoms with Crippen LogP contribution in [0, 0.1) is 0 Å². The summed E-state index contributed by atoms with van der Waals surface area (Å²) in [5.41, 5.74) is 0. The van der Waals surface area contributed by atoms with Crippen LogP contribution in [0.15, 0.2) is 60.7 Å². The molecule has 2 aromatic carbocycles. The molecule has 2 rings (SSSR count). The summed E-state index contributed by atoms with van der Waals surface area (Å²) in [6.45, 7) is 3.26. The van der Waals surface area contributed by atoms with E-state index < -0.39 is 0 Å². The number of hydrogen-bond acceptors (Lipinski definition) is 1. The number of benzene rings is 2. The standard InChI is InChI=1S/C15H17NP.Ru/c1-2-16-13-17(14-9-5-3-6-10-14)15-11-7-4-8-12-15;/h3-12H,2,13H2,1H3;/q-1;+1. The molecule has 0 aromatic heterocycles. The van der Waals surface area contributed by atoms with E-state index >= 15 is 0 Å². The van der Waals surface area contributed by atoms with E-state index in [-0.39, 0.29) is 7.92 Å². The van der Waals surface area contributed by atoms with Gasteiger partial charge in [0.1, 0.15) is 0 Å². The summed E-state index contributed by atoms with van der Waals surface area (Å²) in [5.74, 6) is 0. The van der Waals surface area contributed by atoms with Crippen LogP contribution in [0.25, 0.3) is 0 Å².